The fourth-order valence-electron chi connectivity index (χ4n) is 0.684. The van der Waals surface area contributed by atoms with Crippen molar-refractivity contribution in [2.45, 2.75) is 30.9 Å². The van der Waals surface area contributed by atoms with Gasteiger partial charge in [0.25, 0.3) is 0 Å². The van der Waals surface area contributed by atoms with Crippen molar-refractivity contribution >= 4 is 15.9 Å². The Bertz CT molecular complexity index is 72.5. The first-order valence-corrected chi connectivity index (χ1v) is 3.43. The topological polar surface area (TPSA) is 12.5 Å². The molecule has 1 rings (SSSR count). The summed E-state index contributed by atoms with van der Waals surface area (Å²) in [6.07, 6.45) is 0.981. The van der Waals surface area contributed by atoms with E-state index in [1.807, 2.05) is 0 Å². The van der Waals surface area contributed by atoms with Gasteiger partial charge in [-0.25, -0.2) is 0 Å². The highest BCUT2D eigenvalue weighted by Crippen LogP contribution is 2.28. The van der Waals surface area contributed by atoms with E-state index in [1.54, 1.807) is 0 Å². The maximum Gasteiger partial charge on any atom is 0.0960 e. The zero-order valence-corrected chi connectivity index (χ0v) is 6.10. The Labute approximate surface area is 52.2 Å². The van der Waals surface area contributed by atoms with Gasteiger partial charge in [0.1, 0.15) is 0 Å². The number of halogens is 1. The zero-order valence-electron chi connectivity index (χ0n) is 4.52. The normalized spacial score (nSPS) is 43.3. The molecule has 1 aliphatic heterocycles. The first kappa shape index (κ1) is 5.57. The van der Waals surface area contributed by atoms with Crippen LogP contribution in [0.3, 0.4) is 0 Å². The number of hydrogen-bond acceptors (Lipinski definition) is 1. The summed E-state index contributed by atoms with van der Waals surface area (Å²) in [5.41, 5.74) is 0. The van der Waals surface area contributed by atoms with E-state index in [-0.39, 0.29) is 0 Å². The van der Waals surface area contributed by atoms with Gasteiger partial charge in [-0.1, -0.05) is 22.9 Å². The average Bonchev–Trinajstić information content (AvgIpc) is 2.17. The highest BCUT2D eigenvalue weighted by atomic mass is 79.9. The van der Waals surface area contributed by atoms with Crippen LogP contribution in [0.5, 0.6) is 0 Å². The van der Waals surface area contributed by atoms with E-state index in [9.17, 15) is 0 Å². The van der Waals surface area contributed by atoms with Gasteiger partial charge in [-0.3, -0.25) is 0 Å². The van der Waals surface area contributed by atoms with Crippen molar-refractivity contribution in [1.82, 2.24) is 0 Å². The van der Waals surface area contributed by atoms with Crippen molar-refractivity contribution in [2.75, 3.05) is 0 Å². The minimum Gasteiger partial charge on any atom is -0.369 e. The molecule has 2 heteroatoms. The van der Waals surface area contributed by atoms with Gasteiger partial charge in [0.2, 0.25) is 0 Å². The smallest absolute Gasteiger partial charge is 0.0960 e. The Balaban J connectivity index is 2.20. The molecule has 0 aromatic carbocycles. The average molecular weight is 165 g/mol. The summed E-state index contributed by atoms with van der Waals surface area (Å²) < 4.78 is 5.13. The second kappa shape index (κ2) is 1.75. The van der Waals surface area contributed by atoms with Crippen molar-refractivity contribution in [3.05, 3.63) is 0 Å². The molecule has 0 amide bonds. The standard InChI is InChI=1S/C5H9BrO/c1-3(6)5-4(2)7-5/h3-5H,1-2H3/t3?,4-,5+/m1/s1. The molecule has 0 radical (unpaired) electrons. The lowest BCUT2D eigenvalue weighted by molar-refractivity contribution is 0.379. The summed E-state index contributed by atoms with van der Waals surface area (Å²) in [5.74, 6) is 0. The van der Waals surface area contributed by atoms with E-state index in [2.05, 4.69) is 29.8 Å². The first-order valence-electron chi connectivity index (χ1n) is 2.51. The number of rotatable bonds is 1. The quantitative estimate of drug-likeness (QED) is 0.424. The van der Waals surface area contributed by atoms with Crippen molar-refractivity contribution < 1.29 is 4.74 Å². The van der Waals surface area contributed by atoms with E-state index in [1.165, 1.54) is 0 Å². The summed E-state index contributed by atoms with van der Waals surface area (Å²) in [4.78, 5) is 0.530. The molecule has 0 aliphatic carbocycles. The molecule has 7 heavy (non-hydrogen) atoms. The third-order valence-corrected chi connectivity index (χ3v) is 1.73. The van der Waals surface area contributed by atoms with Gasteiger partial charge in [-0.05, 0) is 6.92 Å². The number of epoxide rings is 1. The Morgan fingerprint density at radius 1 is 1.71 bits per heavy atom. The predicted molar refractivity (Wildman–Crippen MR) is 32.7 cm³/mol. The molecule has 0 spiro atoms. The van der Waals surface area contributed by atoms with Crippen LogP contribution in [0.15, 0.2) is 0 Å². The van der Waals surface area contributed by atoms with Crippen molar-refractivity contribution in [3.8, 4) is 0 Å². The molecule has 0 N–H and O–H groups in total. The van der Waals surface area contributed by atoms with Gasteiger partial charge >= 0.3 is 0 Å². The van der Waals surface area contributed by atoms with E-state index in [0.29, 0.717) is 17.0 Å². The maximum absolute atomic E-state index is 5.13. The SMILES string of the molecule is CC(Br)[C@@H]1O[C@@H]1C. The third kappa shape index (κ3) is 1.16. The minimum atomic E-state index is 0.486. The second-order valence-corrected chi connectivity index (χ2v) is 3.43. The van der Waals surface area contributed by atoms with Gasteiger partial charge < -0.3 is 4.74 Å². The first-order chi connectivity index (χ1) is 3.22. The van der Waals surface area contributed by atoms with Crippen LogP contribution in [0.2, 0.25) is 0 Å². The lowest BCUT2D eigenvalue weighted by Gasteiger charge is -1.90. The van der Waals surface area contributed by atoms with Crippen LogP contribution in [-0.2, 0) is 4.74 Å². The predicted octanol–water partition coefficient (Wildman–Crippen LogP) is 1.56. The molecule has 0 aromatic heterocycles. The molecule has 1 aliphatic rings. The molecular weight excluding hydrogens is 156 g/mol. The molecule has 0 bridgehead atoms. The Hall–Kier alpha value is 0.440. The zero-order chi connectivity index (χ0) is 5.44. The highest BCUT2D eigenvalue weighted by molar-refractivity contribution is 9.09. The minimum absolute atomic E-state index is 0.486. The van der Waals surface area contributed by atoms with Crippen molar-refractivity contribution in [3.63, 3.8) is 0 Å². The molecule has 3 atom stereocenters. The van der Waals surface area contributed by atoms with Crippen LogP contribution in [0.1, 0.15) is 13.8 Å². The van der Waals surface area contributed by atoms with Crippen LogP contribution in [0, 0.1) is 0 Å². The summed E-state index contributed by atoms with van der Waals surface area (Å²) in [6, 6.07) is 0. The van der Waals surface area contributed by atoms with Gasteiger partial charge in [0.15, 0.2) is 0 Å². The van der Waals surface area contributed by atoms with Crippen LogP contribution in [0.4, 0.5) is 0 Å². The molecule has 1 unspecified atom stereocenters. The monoisotopic (exact) mass is 164 g/mol. The second-order valence-electron chi connectivity index (χ2n) is 1.98. The van der Waals surface area contributed by atoms with E-state index < -0.39 is 0 Å². The van der Waals surface area contributed by atoms with Crippen LogP contribution in [0.25, 0.3) is 0 Å². The third-order valence-electron chi connectivity index (χ3n) is 1.21. The van der Waals surface area contributed by atoms with Crippen molar-refractivity contribution in [2.24, 2.45) is 0 Å². The molecule has 1 saturated heterocycles. The van der Waals surface area contributed by atoms with Crippen LogP contribution < -0.4 is 0 Å². The fourth-order valence-corrected chi connectivity index (χ4v) is 1.24. The maximum atomic E-state index is 5.13. The summed E-state index contributed by atoms with van der Waals surface area (Å²) in [6.45, 7) is 4.19. The van der Waals surface area contributed by atoms with Gasteiger partial charge in [-0.2, -0.15) is 0 Å². The van der Waals surface area contributed by atoms with Gasteiger partial charge in [0.05, 0.1) is 12.2 Å². The van der Waals surface area contributed by atoms with Crippen LogP contribution >= 0.6 is 15.9 Å². The lowest BCUT2D eigenvalue weighted by atomic mass is 10.3. The molecule has 42 valence electrons. The van der Waals surface area contributed by atoms with Gasteiger partial charge in [0, 0.05) is 4.83 Å². The molecular formula is C5H9BrO. The number of alkyl halides is 1. The van der Waals surface area contributed by atoms with Gasteiger partial charge in [-0.15, -0.1) is 0 Å². The Kier molecular flexibility index (Phi) is 1.39. The van der Waals surface area contributed by atoms with E-state index in [0.717, 1.165) is 0 Å². The largest absolute Gasteiger partial charge is 0.369 e. The highest BCUT2D eigenvalue weighted by Gasteiger charge is 2.37. The molecule has 1 fully saturated rings. The molecule has 0 aromatic rings. The summed E-state index contributed by atoms with van der Waals surface area (Å²) in [5, 5.41) is 0. The molecule has 1 nitrogen and oxygen atoms in total. The molecule has 0 saturated carbocycles. The fraction of sp³-hybridized carbons (Fsp3) is 1.00. The van der Waals surface area contributed by atoms with Crippen molar-refractivity contribution in [1.29, 1.82) is 0 Å². The Morgan fingerprint density at radius 3 is 2.14 bits per heavy atom. The van der Waals surface area contributed by atoms with E-state index >= 15 is 0 Å². The summed E-state index contributed by atoms with van der Waals surface area (Å²) in [7, 11) is 0. The number of ether oxygens (including phenoxy) is 1. The summed E-state index contributed by atoms with van der Waals surface area (Å²) >= 11 is 3.42. The van der Waals surface area contributed by atoms with Crippen LogP contribution in [-0.4, -0.2) is 17.0 Å². The van der Waals surface area contributed by atoms with E-state index in [4.69, 9.17) is 4.74 Å². The number of hydrogen-bond donors (Lipinski definition) is 0. The lowest BCUT2D eigenvalue weighted by Crippen LogP contribution is -2.01. The molecule has 1 heterocycles. The Morgan fingerprint density at radius 2 is 2.14 bits per heavy atom.